The highest BCUT2D eigenvalue weighted by Crippen LogP contribution is 2.29. The van der Waals surface area contributed by atoms with Crippen LogP contribution in [0.3, 0.4) is 0 Å². The minimum Gasteiger partial charge on any atom is -0.497 e. The summed E-state index contributed by atoms with van der Waals surface area (Å²) in [5.74, 6) is 0.848. The molecular weight excluding hydrogens is 236 g/mol. The van der Waals surface area contributed by atoms with E-state index in [1.807, 2.05) is 0 Å². The Kier molecular flexibility index (Phi) is 3.13. The quantitative estimate of drug-likeness (QED) is 0.640. The second kappa shape index (κ2) is 4.74. The van der Waals surface area contributed by atoms with Crippen LogP contribution in [0.4, 0.5) is 17.2 Å². The van der Waals surface area contributed by atoms with Crippen molar-refractivity contribution in [2.45, 2.75) is 6.92 Å². The highest BCUT2D eigenvalue weighted by Gasteiger charge is 2.21. The Balaban J connectivity index is 2.31. The van der Waals surface area contributed by atoms with Crippen molar-refractivity contribution < 1.29 is 9.66 Å². The number of benzene rings is 1. The van der Waals surface area contributed by atoms with Crippen molar-refractivity contribution in [3.05, 3.63) is 40.1 Å². The third kappa shape index (κ3) is 2.24. The summed E-state index contributed by atoms with van der Waals surface area (Å²) in [6.07, 6.45) is 0. The first-order valence-corrected chi connectivity index (χ1v) is 5.22. The van der Waals surface area contributed by atoms with Crippen LogP contribution in [0.25, 0.3) is 0 Å². The van der Waals surface area contributed by atoms with E-state index in [-0.39, 0.29) is 11.5 Å². The summed E-state index contributed by atoms with van der Waals surface area (Å²) < 4.78 is 5.07. The highest BCUT2D eigenvalue weighted by atomic mass is 16.6. The van der Waals surface area contributed by atoms with Crippen molar-refractivity contribution >= 4 is 17.2 Å². The van der Waals surface area contributed by atoms with E-state index in [1.54, 1.807) is 38.3 Å². The van der Waals surface area contributed by atoms with E-state index >= 15 is 0 Å². The van der Waals surface area contributed by atoms with Gasteiger partial charge in [0, 0.05) is 11.8 Å². The Morgan fingerprint density at radius 1 is 1.50 bits per heavy atom. The van der Waals surface area contributed by atoms with Crippen LogP contribution >= 0.6 is 0 Å². The second-order valence-electron chi connectivity index (χ2n) is 3.66. The molecule has 18 heavy (non-hydrogen) atoms. The summed E-state index contributed by atoms with van der Waals surface area (Å²) in [7, 11) is 1.56. The average Bonchev–Trinajstić information content (AvgIpc) is 2.70. The van der Waals surface area contributed by atoms with Gasteiger partial charge in [0.25, 0.3) is 0 Å². The second-order valence-corrected chi connectivity index (χ2v) is 3.66. The maximum absolute atomic E-state index is 10.9. The number of aromatic amines is 1. The number of aryl methyl sites for hydroxylation is 1. The van der Waals surface area contributed by atoms with Gasteiger partial charge in [0.2, 0.25) is 5.82 Å². The minimum atomic E-state index is -0.471. The fourth-order valence-electron chi connectivity index (χ4n) is 1.57. The third-order valence-electron chi connectivity index (χ3n) is 2.43. The summed E-state index contributed by atoms with van der Waals surface area (Å²) in [6.45, 7) is 1.60. The number of aromatic nitrogens is 2. The van der Waals surface area contributed by atoms with Gasteiger partial charge in [-0.1, -0.05) is 6.07 Å². The lowest BCUT2D eigenvalue weighted by molar-refractivity contribution is -0.384. The molecule has 0 bridgehead atoms. The Morgan fingerprint density at radius 2 is 2.28 bits per heavy atom. The third-order valence-corrected chi connectivity index (χ3v) is 2.43. The van der Waals surface area contributed by atoms with Gasteiger partial charge in [0.1, 0.15) is 11.4 Å². The summed E-state index contributed by atoms with van der Waals surface area (Å²) in [4.78, 5) is 10.4. The molecule has 1 heterocycles. The number of nitrogens with one attached hydrogen (secondary N) is 2. The molecule has 2 rings (SSSR count). The van der Waals surface area contributed by atoms with Crippen molar-refractivity contribution in [2.75, 3.05) is 12.4 Å². The number of nitrogens with zero attached hydrogens (tertiary/aromatic N) is 2. The smallest absolute Gasteiger partial charge is 0.333 e. The first kappa shape index (κ1) is 11.9. The lowest BCUT2D eigenvalue weighted by Crippen LogP contribution is -1.96. The van der Waals surface area contributed by atoms with Crippen LogP contribution in [0.2, 0.25) is 0 Å². The Labute approximate surface area is 103 Å². The van der Waals surface area contributed by atoms with Gasteiger partial charge in [-0.15, -0.1) is 5.10 Å². The molecular formula is C11H12N4O3. The van der Waals surface area contributed by atoms with E-state index in [2.05, 4.69) is 15.5 Å². The van der Waals surface area contributed by atoms with Crippen LogP contribution < -0.4 is 10.1 Å². The van der Waals surface area contributed by atoms with Crippen molar-refractivity contribution in [3.63, 3.8) is 0 Å². The number of rotatable bonds is 4. The number of anilines is 2. The van der Waals surface area contributed by atoms with Crippen molar-refractivity contribution in [1.29, 1.82) is 0 Å². The predicted octanol–water partition coefficient (Wildman–Crippen LogP) is 2.38. The summed E-state index contributed by atoms with van der Waals surface area (Å²) >= 11 is 0. The van der Waals surface area contributed by atoms with Crippen LogP contribution in [0.5, 0.6) is 5.75 Å². The zero-order valence-corrected chi connectivity index (χ0v) is 9.93. The zero-order valence-electron chi connectivity index (χ0n) is 9.93. The summed E-state index contributed by atoms with van der Waals surface area (Å²) in [5.41, 5.74) is 1.02. The molecule has 0 aliphatic rings. The van der Waals surface area contributed by atoms with Crippen molar-refractivity contribution in [2.24, 2.45) is 0 Å². The summed E-state index contributed by atoms with van der Waals surface area (Å²) in [5, 5.41) is 20.2. The first-order valence-electron chi connectivity index (χ1n) is 5.22. The molecule has 1 aromatic carbocycles. The van der Waals surface area contributed by atoms with Crippen LogP contribution in [-0.2, 0) is 0 Å². The van der Waals surface area contributed by atoms with Gasteiger partial charge in [0.05, 0.1) is 12.0 Å². The van der Waals surface area contributed by atoms with Gasteiger partial charge in [0.15, 0.2) is 0 Å². The fourth-order valence-corrected chi connectivity index (χ4v) is 1.57. The molecule has 0 fully saturated rings. The maximum atomic E-state index is 10.9. The standard InChI is InChI=1S/C11H12N4O3/c1-7-10(15(16)17)11(14-13-7)12-8-4-3-5-9(6-8)18-2/h3-6H,1-2H3,(H2,12,13,14). The molecule has 2 N–H and O–H groups in total. The van der Waals surface area contributed by atoms with Crippen molar-refractivity contribution in [1.82, 2.24) is 10.2 Å². The Morgan fingerprint density at radius 3 is 2.94 bits per heavy atom. The SMILES string of the molecule is COc1cccc(Nc2n[nH]c(C)c2[N+](=O)[O-])c1. The monoisotopic (exact) mass is 248 g/mol. The number of methoxy groups -OCH3 is 1. The Hall–Kier alpha value is -2.57. The molecule has 0 aliphatic heterocycles. The molecule has 2 aromatic rings. The van der Waals surface area contributed by atoms with E-state index in [0.29, 0.717) is 17.1 Å². The normalized spacial score (nSPS) is 10.1. The van der Waals surface area contributed by atoms with Gasteiger partial charge in [-0.2, -0.15) is 0 Å². The van der Waals surface area contributed by atoms with Crippen LogP contribution in [0.15, 0.2) is 24.3 Å². The predicted molar refractivity (Wildman–Crippen MR) is 66.3 cm³/mol. The number of ether oxygens (including phenoxy) is 1. The molecule has 94 valence electrons. The molecule has 0 amide bonds. The van der Waals surface area contributed by atoms with Crippen LogP contribution in [-0.4, -0.2) is 22.2 Å². The van der Waals surface area contributed by atoms with E-state index in [9.17, 15) is 10.1 Å². The average molecular weight is 248 g/mol. The molecule has 0 saturated heterocycles. The van der Waals surface area contributed by atoms with Gasteiger partial charge in [-0.25, -0.2) is 0 Å². The van der Waals surface area contributed by atoms with Gasteiger partial charge in [-0.3, -0.25) is 15.2 Å². The molecule has 7 heteroatoms. The molecule has 0 atom stereocenters. The van der Waals surface area contributed by atoms with Crippen LogP contribution in [0, 0.1) is 17.0 Å². The van der Waals surface area contributed by atoms with Gasteiger partial charge >= 0.3 is 5.69 Å². The Bertz CT molecular complexity index is 579. The molecule has 7 nitrogen and oxygen atoms in total. The van der Waals surface area contributed by atoms with Crippen molar-refractivity contribution in [3.8, 4) is 5.75 Å². The molecule has 0 radical (unpaired) electrons. The lowest BCUT2D eigenvalue weighted by Gasteiger charge is -2.05. The number of H-pyrrole nitrogens is 1. The minimum absolute atomic E-state index is 0.0576. The lowest BCUT2D eigenvalue weighted by atomic mass is 10.3. The molecule has 0 unspecified atom stereocenters. The molecule has 1 aromatic heterocycles. The van der Waals surface area contributed by atoms with Gasteiger partial charge in [-0.05, 0) is 19.1 Å². The first-order chi connectivity index (χ1) is 8.61. The van der Waals surface area contributed by atoms with E-state index in [4.69, 9.17) is 4.74 Å². The number of nitro groups is 1. The van der Waals surface area contributed by atoms with E-state index in [0.717, 1.165) is 0 Å². The molecule has 0 aliphatic carbocycles. The highest BCUT2D eigenvalue weighted by molar-refractivity contribution is 5.67. The molecule has 0 saturated carbocycles. The van der Waals surface area contributed by atoms with Crippen LogP contribution in [0.1, 0.15) is 5.69 Å². The van der Waals surface area contributed by atoms with Gasteiger partial charge < -0.3 is 10.1 Å². The topological polar surface area (TPSA) is 93.1 Å². The fraction of sp³-hybridized carbons (Fsp3) is 0.182. The van der Waals surface area contributed by atoms with E-state index in [1.165, 1.54) is 0 Å². The summed E-state index contributed by atoms with van der Waals surface area (Å²) in [6, 6.07) is 7.08. The number of hydrogen-bond acceptors (Lipinski definition) is 5. The molecule has 0 spiro atoms. The maximum Gasteiger partial charge on any atom is 0.333 e. The number of hydrogen-bond donors (Lipinski definition) is 2. The largest absolute Gasteiger partial charge is 0.497 e. The van der Waals surface area contributed by atoms with E-state index < -0.39 is 4.92 Å². The zero-order chi connectivity index (χ0) is 13.1.